The number of nitrogens with zero attached hydrogens (tertiary/aromatic N) is 4. The largest absolute Gasteiger partial charge is 0.375 e. The normalized spacial score (nSPS) is 18.7. The molecule has 2 aromatic rings. The standard InChI is InChI=1S/C22H28N4O3/c1-16-14-21(24-22(23-16)17-6-5-7-18(15-17)26(27)28)25-12-10-20(11-13-25)29-19-8-3-2-4-9-19/h5-7,14-15,19-20H,2-4,8-13H2,1H3. The van der Waals surface area contributed by atoms with Crippen LogP contribution in [0.2, 0.25) is 0 Å². The van der Waals surface area contributed by atoms with E-state index in [1.165, 1.54) is 44.2 Å². The van der Waals surface area contributed by atoms with E-state index in [-0.39, 0.29) is 5.69 Å². The number of benzene rings is 1. The Kier molecular flexibility index (Phi) is 6.04. The van der Waals surface area contributed by atoms with Crippen LogP contribution in [0.5, 0.6) is 0 Å². The summed E-state index contributed by atoms with van der Waals surface area (Å²) in [4.78, 5) is 22.2. The maximum Gasteiger partial charge on any atom is 0.270 e. The second kappa shape index (κ2) is 8.86. The van der Waals surface area contributed by atoms with E-state index in [1.54, 1.807) is 6.07 Å². The molecule has 0 radical (unpaired) electrons. The molecule has 1 aromatic heterocycles. The number of hydrogen-bond donors (Lipinski definition) is 0. The predicted molar refractivity (Wildman–Crippen MR) is 112 cm³/mol. The number of hydrogen-bond acceptors (Lipinski definition) is 6. The van der Waals surface area contributed by atoms with Gasteiger partial charge in [-0.05, 0) is 32.6 Å². The summed E-state index contributed by atoms with van der Waals surface area (Å²) in [6, 6.07) is 8.49. The third-order valence-corrected chi connectivity index (χ3v) is 5.86. The molecule has 154 valence electrons. The van der Waals surface area contributed by atoms with Crippen molar-refractivity contribution < 1.29 is 9.66 Å². The van der Waals surface area contributed by atoms with Crippen molar-refractivity contribution in [2.45, 2.75) is 64.1 Å². The molecule has 2 heterocycles. The van der Waals surface area contributed by atoms with Crippen molar-refractivity contribution in [1.82, 2.24) is 9.97 Å². The lowest BCUT2D eigenvalue weighted by Crippen LogP contribution is -2.39. The molecule has 7 heteroatoms. The van der Waals surface area contributed by atoms with Crippen LogP contribution in [-0.2, 0) is 4.74 Å². The van der Waals surface area contributed by atoms with E-state index in [2.05, 4.69) is 9.88 Å². The number of aryl methyl sites for hydroxylation is 1. The molecule has 1 aliphatic heterocycles. The molecule has 0 amide bonds. The Balaban J connectivity index is 1.44. The van der Waals surface area contributed by atoms with E-state index in [9.17, 15) is 10.1 Å². The molecule has 4 rings (SSSR count). The number of anilines is 1. The van der Waals surface area contributed by atoms with Gasteiger partial charge in [-0.1, -0.05) is 31.4 Å². The van der Waals surface area contributed by atoms with Crippen LogP contribution >= 0.6 is 0 Å². The van der Waals surface area contributed by atoms with Crippen molar-refractivity contribution in [3.8, 4) is 11.4 Å². The molecule has 0 N–H and O–H groups in total. The zero-order valence-electron chi connectivity index (χ0n) is 16.9. The van der Waals surface area contributed by atoms with Gasteiger partial charge in [-0.15, -0.1) is 0 Å². The van der Waals surface area contributed by atoms with Gasteiger partial charge in [-0.2, -0.15) is 0 Å². The number of nitro benzene ring substituents is 1. The summed E-state index contributed by atoms with van der Waals surface area (Å²) in [6.45, 7) is 3.75. The van der Waals surface area contributed by atoms with Crippen molar-refractivity contribution in [2.24, 2.45) is 0 Å². The van der Waals surface area contributed by atoms with Crippen LogP contribution < -0.4 is 4.90 Å². The van der Waals surface area contributed by atoms with Gasteiger partial charge in [0, 0.05) is 42.5 Å². The highest BCUT2D eigenvalue weighted by Crippen LogP contribution is 2.28. The summed E-state index contributed by atoms with van der Waals surface area (Å²) in [5.41, 5.74) is 1.58. The van der Waals surface area contributed by atoms with Crippen LogP contribution in [0, 0.1) is 17.0 Å². The van der Waals surface area contributed by atoms with Crippen molar-refractivity contribution in [3.05, 3.63) is 46.1 Å². The molecule has 0 spiro atoms. The molecule has 1 saturated carbocycles. The fourth-order valence-corrected chi connectivity index (χ4v) is 4.30. The molecule has 0 bridgehead atoms. The van der Waals surface area contributed by atoms with E-state index < -0.39 is 4.92 Å². The number of piperidine rings is 1. The maximum atomic E-state index is 11.1. The second-order valence-corrected chi connectivity index (χ2v) is 8.08. The minimum Gasteiger partial charge on any atom is -0.375 e. The monoisotopic (exact) mass is 396 g/mol. The van der Waals surface area contributed by atoms with E-state index >= 15 is 0 Å². The summed E-state index contributed by atoms with van der Waals surface area (Å²) in [5.74, 6) is 1.42. The second-order valence-electron chi connectivity index (χ2n) is 8.08. The van der Waals surface area contributed by atoms with Gasteiger partial charge < -0.3 is 9.64 Å². The van der Waals surface area contributed by atoms with Gasteiger partial charge in [0.2, 0.25) is 0 Å². The SMILES string of the molecule is Cc1cc(N2CCC(OC3CCCCC3)CC2)nc(-c2cccc([N+](=O)[O-])c2)n1. The Morgan fingerprint density at radius 1 is 1.03 bits per heavy atom. The fraction of sp³-hybridized carbons (Fsp3) is 0.545. The van der Waals surface area contributed by atoms with Crippen molar-refractivity contribution in [2.75, 3.05) is 18.0 Å². The quantitative estimate of drug-likeness (QED) is 0.539. The van der Waals surface area contributed by atoms with E-state index in [4.69, 9.17) is 9.72 Å². The smallest absolute Gasteiger partial charge is 0.270 e. The number of aromatic nitrogens is 2. The van der Waals surface area contributed by atoms with Crippen molar-refractivity contribution >= 4 is 11.5 Å². The summed E-state index contributed by atoms with van der Waals surface area (Å²) in [7, 11) is 0. The molecule has 29 heavy (non-hydrogen) atoms. The summed E-state index contributed by atoms with van der Waals surface area (Å²) >= 11 is 0. The van der Waals surface area contributed by atoms with Crippen LogP contribution in [0.1, 0.15) is 50.6 Å². The van der Waals surface area contributed by atoms with Crippen LogP contribution in [0.3, 0.4) is 0 Å². The average Bonchev–Trinajstić information content (AvgIpc) is 2.75. The minimum absolute atomic E-state index is 0.0508. The first-order chi connectivity index (χ1) is 14.1. The fourth-order valence-electron chi connectivity index (χ4n) is 4.30. The first kappa shape index (κ1) is 19.8. The highest BCUT2D eigenvalue weighted by atomic mass is 16.6. The number of non-ortho nitro benzene ring substituents is 1. The highest BCUT2D eigenvalue weighted by molar-refractivity contribution is 5.61. The average molecular weight is 396 g/mol. The van der Waals surface area contributed by atoms with Crippen LogP contribution in [-0.4, -0.2) is 40.2 Å². The van der Waals surface area contributed by atoms with Crippen molar-refractivity contribution in [3.63, 3.8) is 0 Å². The molecule has 0 atom stereocenters. The first-order valence-corrected chi connectivity index (χ1v) is 10.6. The van der Waals surface area contributed by atoms with Gasteiger partial charge in [-0.25, -0.2) is 9.97 Å². The van der Waals surface area contributed by atoms with E-state index in [1.807, 2.05) is 19.1 Å². The summed E-state index contributed by atoms with van der Waals surface area (Å²) in [5, 5.41) is 11.1. The van der Waals surface area contributed by atoms with Gasteiger partial charge in [0.1, 0.15) is 5.82 Å². The number of rotatable bonds is 5. The molecule has 2 fully saturated rings. The van der Waals surface area contributed by atoms with Crippen LogP contribution in [0.15, 0.2) is 30.3 Å². The molecule has 2 aliphatic rings. The molecule has 1 saturated heterocycles. The molecule has 7 nitrogen and oxygen atoms in total. The molecule has 1 aliphatic carbocycles. The minimum atomic E-state index is -0.392. The first-order valence-electron chi connectivity index (χ1n) is 10.6. The molecule has 1 aromatic carbocycles. The predicted octanol–water partition coefficient (Wildman–Crippen LogP) is 4.68. The Labute approximate surface area is 171 Å². The Morgan fingerprint density at radius 3 is 2.48 bits per heavy atom. The maximum absolute atomic E-state index is 11.1. The summed E-state index contributed by atoms with van der Waals surface area (Å²) < 4.78 is 6.35. The van der Waals surface area contributed by atoms with Crippen LogP contribution in [0.25, 0.3) is 11.4 Å². The zero-order valence-corrected chi connectivity index (χ0v) is 16.9. The Hall–Kier alpha value is -2.54. The lowest BCUT2D eigenvalue weighted by Gasteiger charge is -2.35. The van der Waals surface area contributed by atoms with Gasteiger partial charge >= 0.3 is 0 Å². The molecular weight excluding hydrogens is 368 g/mol. The topological polar surface area (TPSA) is 81.4 Å². The Morgan fingerprint density at radius 2 is 1.76 bits per heavy atom. The van der Waals surface area contributed by atoms with Gasteiger partial charge in [0.15, 0.2) is 5.82 Å². The molecular formula is C22H28N4O3. The van der Waals surface area contributed by atoms with Crippen molar-refractivity contribution in [1.29, 1.82) is 0 Å². The van der Waals surface area contributed by atoms with Crippen LogP contribution in [0.4, 0.5) is 11.5 Å². The van der Waals surface area contributed by atoms with Gasteiger partial charge in [0.05, 0.1) is 17.1 Å². The number of ether oxygens (including phenoxy) is 1. The van der Waals surface area contributed by atoms with Gasteiger partial charge in [-0.3, -0.25) is 10.1 Å². The number of nitro groups is 1. The van der Waals surface area contributed by atoms with Gasteiger partial charge in [0.25, 0.3) is 5.69 Å². The Bertz CT molecular complexity index is 859. The van der Waals surface area contributed by atoms with E-state index in [0.29, 0.717) is 23.6 Å². The molecule has 0 unspecified atom stereocenters. The summed E-state index contributed by atoms with van der Waals surface area (Å²) in [6.07, 6.45) is 9.15. The third kappa shape index (κ3) is 4.90. The van der Waals surface area contributed by atoms with E-state index in [0.717, 1.165) is 37.4 Å². The highest BCUT2D eigenvalue weighted by Gasteiger charge is 2.25. The third-order valence-electron chi connectivity index (χ3n) is 5.86. The zero-order chi connectivity index (χ0) is 20.2. The lowest BCUT2D eigenvalue weighted by molar-refractivity contribution is -0.384. The lowest BCUT2D eigenvalue weighted by atomic mass is 9.97.